The zero-order chi connectivity index (χ0) is 19.4. The van der Waals surface area contributed by atoms with Crippen molar-refractivity contribution >= 4 is 33.4 Å². The van der Waals surface area contributed by atoms with Gasteiger partial charge in [-0.2, -0.15) is 0 Å². The van der Waals surface area contributed by atoms with Gasteiger partial charge < -0.3 is 15.1 Å². The molecule has 142 valence electrons. The largest absolute Gasteiger partial charge is 0.457 e. The maximum absolute atomic E-state index is 11.9. The number of amides is 2. The molecule has 2 aromatic heterocycles. The van der Waals surface area contributed by atoms with E-state index < -0.39 is 5.41 Å². The topological polar surface area (TPSA) is 84.2 Å². The van der Waals surface area contributed by atoms with Crippen LogP contribution in [0.2, 0.25) is 0 Å². The molecule has 1 aromatic carbocycles. The van der Waals surface area contributed by atoms with Crippen molar-refractivity contribution in [1.82, 2.24) is 15.6 Å². The molecule has 27 heavy (non-hydrogen) atoms. The monoisotopic (exact) mass is 385 g/mol. The second-order valence-electron chi connectivity index (χ2n) is 7.29. The minimum atomic E-state index is -0.457. The van der Waals surface area contributed by atoms with E-state index in [1.165, 1.54) is 0 Å². The van der Waals surface area contributed by atoms with E-state index in [0.717, 1.165) is 15.2 Å². The van der Waals surface area contributed by atoms with Gasteiger partial charge in [0.05, 0.1) is 16.8 Å². The van der Waals surface area contributed by atoms with Crippen LogP contribution in [0.4, 0.5) is 0 Å². The van der Waals surface area contributed by atoms with Gasteiger partial charge in [0.2, 0.25) is 11.8 Å². The van der Waals surface area contributed by atoms with Gasteiger partial charge >= 0.3 is 0 Å². The summed E-state index contributed by atoms with van der Waals surface area (Å²) < 4.78 is 6.91. The van der Waals surface area contributed by atoms with E-state index in [1.54, 1.807) is 11.3 Å². The molecule has 3 aromatic rings. The molecule has 0 aliphatic heterocycles. The molecule has 0 bridgehead atoms. The number of nitrogens with one attached hydrogen (secondary N) is 2. The molecule has 0 aliphatic rings. The Morgan fingerprint density at radius 1 is 1.11 bits per heavy atom. The lowest BCUT2D eigenvalue weighted by Gasteiger charge is -2.17. The zero-order valence-electron chi connectivity index (χ0n) is 15.7. The lowest BCUT2D eigenvalue weighted by molar-refractivity contribution is -0.128. The first kappa shape index (κ1) is 19.1. The maximum atomic E-state index is 11.9. The summed E-state index contributed by atoms with van der Waals surface area (Å²) in [5, 5.41) is 6.38. The number of fused-ring (bicyclic) bond motifs is 1. The lowest BCUT2D eigenvalue weighted by Crippen LogP contribution is -2.37. The molecule has 2 amide bonds. The third-order valence-corrected chi connectivity index (χ3v) is 5.00. The Morgan fingerprint density at radius 2 is 1.89 bits per heavy atom. The van der Waals surface area contributed by atoms with Crippen molar-refractivity contribution in [1.29, 1.82) is 0 Å². The molecule has 0 fully saturated rings. The van der Waals surface area contributed by atoms with Crippen LogP contribution in [0.5, 0.6) is 0 Å². The van der Waals surface area contributed by atoms with Crippen LogP contribution in [0.15, 0.2) is 40.8 Å². The lowest BCUT2D eigenvalue weighted by atomic mass is 9.96. The zero-order valence-corrected chi connectivity index (χ0v) is 16.5. The molecular weight excluding hydrogens is 362 g/mol. The summed E-state index contributed by atoms with van der Waals surface area (Å²) in [6.07, 6.45) is 0.229. The van der Waals surface area contributed by atoms with Crippen molar-refractivity contribution in [3.8, 4) is 10.8 Å². The highest BCUT2D eigenvalue weighted by Crippen LogP contribution is 2.31. The average molecular weight is 385 g/mol. The first-order chi connectivity index (χ1) is 12.8. The Bertz CT molecular complexity index is 920. The van der Waals surface area contributed by atoms with Crippen LogP contribution < -0.4 is 10.6 Å². The van der Waals surface area contributed by atoms with Crippen LogP contribution in [0.1, 0.15) is 33.0 Å². The molecule has 2 heterocycles. The summed E-state index contributed by atoms with van der Waals surface area (Å²) in [6.45, 7) is 6.13. The fraction of sp³-hybridized carbons (Fsp3) is 0.350. The van der Waals surface area contributed by atoms with E-state index in [0.29, 0.717) is 24.6 Å². The number of thiazole rings is 1. The van der Waals surface area contributed by atoms with Crippen LogP contribution in [0, 0.1) is 5.41 Å². The number of hydrogen-bond acceptors (Lipinski definition) is 5. The van der Waals surface area contributed by atoms with Crippen molar-refractivity contribution in [2.24, 2.45) is 5.41 Å². The van der Waals surface area contributed by atoms with E-state index in [1.807, 2.05) is 57.2 Å². The average Bonchev–Trinajstić information content (AvgIpc) is 3.25. The molecule has 0 saturated carbocycles. The first-order valence-electron chi connectivity index (χ1n) is 8.82. The molecule has 0 aliphatic carbocycles. The second-order valence-corrected chi connectivity index (χ2v) is 8.32. The van der Waals surface area contributed by atoms with Crippen LogP contribution >= 0.6 is 11.3 Å². The van der Waals surface area contributed by atoms with Crippen molar-refractivity contribution in [2.45, 2.75) is 33.7 Å². The highest BCUT2D eigenvalue weighted by Gasteiger charge is 2.20. The van der Waals surface area contributed by atoms with Gasteiger partial charge in [0.1, 0.15) is 5.76 Å². The highest BCUT2D eigenvalue weighted by molar-refractivity contribution is 7.21. The Balaban J connectivity index is 1.49. The third-order valence-electron chi connectivity index (χ3n) is 3.94. The Kier molecular flexibility index (Phi) is 5.60. The van der Waals surface area contributed by atoms with Gasteiger partial charge in [-0.25, -0.2) is 4.98 Å². The number of carbonyl (C=O) groups excluding carboxylic acids is 2. The highest BCUT2D eigenvalue weighted by atomic mass is 32.1. The predicted octanol–water partition coefficient (Wildman–Crippen LogP) is 3.72. The standard InChI is InChI=1S/C20H23N3O3S/c1-20(2,3)19(25)21-11-10-17(24)22-12-13-8-9-15(26-13)18-23-14-6-4-5-7-16(14)27-18/h4-9H,10-12H2,1-3H3,(H,21,25)(H,22,24). The van der Waals surface area contributed by atoms with Crippen molar-refractivity contribution in [3.05, 3.63) is 42.2 Å². The Morgan fingerprint density at radius 3 is 2.63 bits per heavy atom. The number of furan rings is 1. The Labute approximate surface area is 162 Å². The minimum absolute atomic E-state index is 0.0678. The fourth-order valence-corrected chi connectivity index (χ4v) is 3.32. The molecule has 0 atom stereocenters. The summed E-state index contributed by atoms with van der Waals surface area (Å²) in [5.41, 5.74) is 0.489. The van der Waals surface area contributed by atoms with Gasteiger partial charge in [0.15, 0.2) is 10.8 Å². The Hall–Kier alpha value is -2.67. The summed E-state index contributed by atoms with van der Waals surface area (Å²) in [5.74, 6) is 1.15. The number of hydrogen-bond donors (Lipinski definition) is 2. The molecule has 6 nitrogen and oxygen atoms in total. The minimum Gasteiger partial charge on any atom is -0.457 e. The van der Waals surface area contributed by atoms with Gasteiger partial charge in [-0.1, -0.05) is 32.9 Å². The van der Waals surface area contributed by atoms with E-state index in [2.05, 4.69) is 15.6 Å². The number of rotatable bonds is 6. The molecule has 0 unspecified atom stereocenters. The number of nitrogens with zero attached hydrogens (tertiary/aromatic N) is 1. The predicted molar refractivity (Wildman–Crippen MR) is 106 cm³/mol. The van der Waals surface area contributed by atoms with Crippen LogP contribution in [0.3, 0.4) is 0 Å². The van der Waals surface area contributed by atoms with Crippen molar-refractivity contribution < 1.29 is 14.0 Å². The van der Waals surface area contributed by atoms with E-state index in [-0.39, 0.29) is 18.2 Å². The number of para-hydroxylation sites is 1. The number of benzene rings is 1. The van der Waals surface area contributed by atoms with Crippen molar-refractivity contribution in [2.75, 3.05) is 6.54 Å². The quantitative estimate of drug-likeness (QED) is 0.677. The van der Waals surface area contributed by atoms with Gasteiger partial charge in [-0.15, -0.1) is 11.3 Å². The van der Waals surface area contributed by atoms with E-state index in [9.17, 15) is 9.59 Å². The second kappa shape index (κ2) is 7.92. The van der Waals surface area contributed by atoms with Gasteiger partial charge in [0, 0.05) is 18.4 Å². The summed E-state index contributed by atoms with van der Waals surface area (Å²) in [6, 6.07) is 11.6. The van der Waals surface area contributed by atoms with Crippen molar-refractivity contribution in [3.63, 3.8) is 0 Å². The molecule has 0 spiro atoms. The van der Waals surface area contributed by atoms with E-state index >= 15 is 0 Å². The normalized spacial score (nSPS) is 11.5. The van der Waals surface area contributed by atoms with Gasteiger partial charge in [0.25, 0.3) is 0 Å². The summed E-state index contributed by atoms with van der Waals surface area (Å²) in [7, 11) is 0. The summed E-state index contributed by atoms with van der Waals surface area (Å²) >= 11 is 1.57. The molecule has 0 saturated heterocycles. The van der Waals surface area contributed by atoms with Crippen LogP contribution in [-0.2, 0) is 16.1 Å². The summed E-state index contributed by atoms with van der Waals surface area (Å²) in [4.78, 5) is 28.3. The molecule has 0 radical (unpaired) electrons. The third kappa shape index (κ3) is 4.95. The van der Waals surface area contributed by atoms with Crippen LogP contribution in [0.25, 0.3) is 21.0 Å². The first-order valence-corrected chi connectivity index (χ1v) is 9.64. The number of aromatic nitrogens is 1. The fourth-order valence-electron chi connectivity index (χ4n) is 2.39. The molecule has 2 N–H and O–H groups in total. The van der Waals surface area contributed by atoms with E-state index in [4.69, 9.17) is 4.42 Å². The van der Waals surface area contributed by atoms with Crippen LogP contribution in [-0.4, -0.2) is 23.3 Å². The maximum Gasteiger partial charge on any atom is 0.225 e. The smallest absolute Gasteiger partial charge is 0.225 e. The molecule has 7 heteroatoms. The van der Waals surface area contributed by atoms with Gasteiger partial charge in [-0.05, 0) is 24.3 Å². The molecule has 3 rings (SSSR count). The van der Waals surface area contributed by atoms with Gasteiger partial charge in [-0.3, -0.25) is 9.59 Å². The number of carbonyl (C=O) groups is 2. The SMILES string of the molecule is CC(C)(C)C(=O)NCCC(=O)NCc1ccc(-c2nc3ccccc3s2)o1. The molecular formula is C20H23N3O3S.